The first-order valence-electron chi connectivity index (χ1n) is 8.46. The van der Waals surface area contributed by atoms with Gasteiger partial charge in [-0.05, 0) is 42.3 Å². The number of nitro groups is 1. The lowest BCUT2D eigenvalue weighted by Crippen LogP contribution is -2.06. The van der Waals surface area contributed by atoms with Gasteiger partial charge >= 0.3 is 11.9 Å². The molecular weight excluding hydrogens is 376 g/mol. The minimum absolute atomic E-state index is 0.0881. The number of ether oxygens (including phenoxy) is 2. The van der Waals surface area contributed by atoms with Gasteiger partial charge in [-0.2, -0.15) is 5.26 Å². The number of rotatable bonds is 7. The maximum Gasteiger partial charge on any atom is 0.348 e. The Labute approximate surface area is 166 Å². The number of hydrogen-bond acceptors (Lipinski definition) is 7. The van der Waals surface area contributed by atoms with Crippen LogP contribution in [-0.2, 0) is 14.3 Å². The normalized spacial score (nSPS) is 11.0. The number of nitrogens with zero attached hydrogens (tertiary/aromatic N) is 2. The summed E-state index contributed by atoms with van der Waals surface area (Å²) in [6.07, 6.45) is 3.86. The summed E-state index contributed by atoms with van der Waals surface area (Å²) in [6.45, 7) is 1.78. The molecule has 0 amide bonds. The maximum atomic E-state index is 12.0. The molecule has 0 spiro atoms. The molecule has 2 aromatic carbocycles. The Morgan fingerprint density at radius 2 is 1.90 bits per heavy atom. The van der Waals surface area contributed by atoms with E-state index in [4.69, 9.17) is 14.7 Å². The Kier molecular flexibility index (Phi) is 7.39. The van der Waals surface area contributed by atoms with Crippen molar-refractivity contribution in [3.63, 3.8) is 0 Å². The van der Waals surface area contributed by atoms with E-state index in [2.05, 4.69) is 0 Å². The van der Waals surface area contributed by atoms with E-state index in [9.17, 15) is 19.7 Å². The van der Waals surface area contributed by atoms with Gasteiger partial charge in [-0.25, -0.2) is 9.59 Å². The smallest absolute Gasteiger partial charge is 0.348 e. The molecule has 0 heterocycles. The first kappa shape index (κ1) is 21.1. The molecule has 29 heavy (non-hydrogen) atoms. The Morgan fingerprint density at radius 3 is 2.59 bits per heavy atom. The largest absolute Gasteiger partial charge is 0.462 e. The predicted molar refractivity (Wildman–Crippen MR) is 104 cm³/mol. The minimum Gasteiger partial charge on any atom is -0.462 e. The van der Waals surface area contributed by atoms with E-state index in [-0.39, 0.29) is 23.6 Å². The Bertz CT molecular complexity index is 1030. The average molecular weight is 392 g/mol. The molecule has 0 N–H and O–H groups in total. The number of non-ortho nitro benzene ring substituents is 1. The number of esters is 2. The number of nitro benzene ring substituents is 1. The molecule has 8 nitrogen and oxygen atoms in total. The Hall–Kier alpha value is -4.25. The third-order valence-corrected chi connectivity index (χ3v) is 3.50. The van der Waals surface area contributed by atoms with Gasteiger partial charge in [0, 0.05) is 18.2 Å². The van der Waals surface area contributed by atoms with E-state index in [1.165, 1.54) is 42.5 Å². The highest BCUT2D eigenvalue weighted by atomic mass is 16.6. The van der Waals surface area contributed by atoms with Crippen LogP contribution >= 0.6 is 0 Å². The van der Waals surface area contributed by atoms with Gasteiger partial charge in [0.1, 0.15) is 17.4 Å². The van der Waals surface area contributed by atoms with Crippen LogP contribution in [0.2, 0.25) is 0 Å². The molecule has 2 aromatic rings. The summed E-state index contributed by atoms with van der Waals surface area (Å²) in [4.78, 5) is 33.9. The van der Waals surface area contributed by atoms with Gasteiger partial charge < -0.3 is 9.47 Å². The summed E-state index contributed by atoms with van der Waals surface area (Å²) in [7, 11) is 0. The Balaban J connectivity index is 2.11. The van der Waals surface area contributed by atoms with E-state index in [0.717, 1.165) is 6.08 Å². The van der Waals surface area contributed by atoms with Gasteiger partial charge in [0.2, 0.25) is 0 Å². The molecule has 0 saturated carbocycles. The van der Waals surface area contributed by atoms with E-state index in [1.54, 1.807) is 31.2 Å². The lowest BCUT2D eigenvalue weighted by Gasteiger charge is -2.03. The molecule has 2 rings (SSSR count). The second-order valence-electron chi connectivity index (χ2n) is 5.57. The summed E-state index contributed by atoms with van der Waals surface area (Å²) in [6, 6.07) is 13.8. The molecule has 0 fully saturated rings. The van der Waals surface area contributed by atoms with Crippen LogP contribution in [0.15, 0.2) is 60.2 Å². The first-order chi connectivity index (χ1) is 13.9. The first-order valence-corrected chi connectivity index (χ1v) is 8.46. The highest BCUT2D eigenvalue weighted by molar-refractivity contribution is 5.98. The van der Waals surface area contributed by atoms with Crippen molar-refractivity contribution in [1.29, 1.82) is 5.26 Å². The second kappa shape index (κ2) is 10.2. The third kappa shape index (κ3) is 6.45. The van der Waals surface area contributed by atoms with Gasteiger partial charge in [-0.15, -0.1) is 0 Å². The molecule has 0 aromatic heterocycles. The molecule has 0 aliphatic heterocycles. The van der Waals surface area contributed by atoms with Crippen molar-refractivity contribution < 1.29 is 24.0 Å². The number of nitriles is 1. The van der Waals surface area contributed by atoms with Crippen molar-refractivity contribution in [3.05, 3.63) is 81.4 Å². The van der Waals surface area contributed by atoms with Crippen LogP contribution in [0.4, 0.5) is 5.69 Å². The van der Waals surface area contributed by atoms with Crippen molar-refractivity contribution >= 4 is 29.8 Å². The fourth-order valence-electron chi connectivity index (χ4n) is 2.24. The van der Waals surface area contributed by atoms with Gasteiger partial charge in [-0.1, -0.05) is 24.3 Å². The van der Waals surface area contributed by atoms with Crippen molar-refractivity contribution in [3.8, 4) is 11.8 Å². The zero-order valence-electron chi connectivity index (χ0n) is 15.4. The second-order valence-corrected chi connectivity index (χ2v) is 5.57. The predicted octanol–water partition coefficient (Wildman–Crippen LogP) is 3.68. The lowest BCUT2D eigenvalue weighted by molar-refractivity contribution is -0.384. The standard InChI is InChI=1S/C21H16N2O6/c1-2-28-21(25)17(14-22)11-16-6-4-8-19(13-16)29-20(24)10-9-15-5-3-7-18(12-15)23(26)27/h3-13H,2H2,1H3/b10-9+,17-11+. The topological polar surface area (TPSA) is 120 Å². The third-order valence-electron chi connectivity index (χ3n) is 3.50. The highest BCUT2D eigenvalue weighted by Gasteiger charge is 2.10. The highest BCUT2D eigenvalue weighted by Crippen LogP contribution is 2.18. The minimum atomic E-state index is -0.739. The van der Waals surface area contributed by atoms with E-state index < -0.39 is 16.9 Å². The van der Waals surface area contributed by atoms with Crippen LogP contribution in [0, 0.1) is 21.4 Å². The number of carbonyl (C=O) groups is 2. The number of hydrogen-bond donors (Lipinski definition) is 0. The molecule has 0 aliphatic carbocycles. The van der Waals surface area contributed by atoms with E-state index in [1.807, 2.05) is 0 Å². The number of carbonyl (C=O) groups excluding carboxylic acids is 2. The van der Waals surface area contributed by atoms with E-state index in [0.29, 0.717) is 11.1 Å². The molecule has 0 unspecified atom stereocenters. The summed E-state index contributed by atoms with van der Waals surface area (Å²) in [5.74, 6) is -1.23. The molecule has 0 radical (unpaired) electrons. The SMILES string of the molecule is CCOC(=O)/C(C#N)=C/c1cccc(OC(=O)/C=C/c2cccc([N+](=O)[O-])c2)c1. The van der Waals surface area contributed by atoms with Crippen LogP contribution in [0.25, 0.3) is 12.2 Å². The lowest BCUT2D eigenvalue weighted by atomic mass is 10.1. The molecular formula is C21H16N2O6. The van der Waals surface area contributed by atoms with Gasteiger partial charge in [0.05, 0.1) is 11.5 Å². The molecule has 0 atom stereocenters. The average Bonchev–Trinajstić information content (AvgIpc) is 2.71. The molecule has 146 valence electrons. The van der Waals surface area contributed by atoms with Crippen molar-refractivity contribution in [2.24, 2.45) is 0 Å². The van der Waals surface area contributed by atoms with Crippen LogP contribution in [0.1, 0.15) is 18.1 Å². The molecule has 0 aliphatic rings. The number of benzene rings is 2. The van der Waals surface area contributed by atoms with E-state index >= 15 is 0 Å². The summed E-state index contributed by atoms with van der Waals surface area (Å²) in [5.41, 5.74) is 0.680. The van der Waals surface area contributed by atoms with Crippen LogP contribution in [0.5, 0.6) is 5.75 Å². The summed E-state index contributed by atoms with van der Waals surface area (Å²) in [5, 5.41) is 19.9. The monoisotopic (exact) mass is 392 g/mol. The van der Waals surface area contributed by atoms with Crippen LogP contribution in [0.3, 0.4) is 0 Å². The molecule has 0 saturated heterocycles. The fraction of sp³-hybridized carbons (Fsp3) is 0.0952. The van der Waals surface area contributed by atoms with Crippen LogP contribution < -0.4 is 4.74 Å². The van der Waals surface area contributed by atoms with Crippen molar-refractivity contribution in [2.45, 2.75) is 6.92 Å². The van der Waals surface area contributed by atoms with Gasteiger partial charge in [0.15, 0.2) is 0 Å². The Morgan fingerprint density at radius 1 is 1.17 bits per heavy atom. The molecule has 8 heteroatoms. The fourth-order valence-corrected chi connectivity index (χ4v) is 2.24. The summed E-state index contributed by atoms with van der Waals surface area (Å²) >= 11 is 0. The van der Waals surface area contributed by atoms with Crippen LogP contribution in [-0.4, -0.2) is 23.5 Å². The van der Waals surface area contributed by atoms with Crippen molar-refractivity contribution in [1.82, 2.24) is 0 Å². The zero-order valence-corrected chi connectivity index (χ0v) is 15.4. The van der Waals surface area contributed by atoms with Gasteiger partial charge in [0.25, 0.3) is 5.69 Å². The zero-order chi connectivity index (χ0) is 21.2. The maximum absolute atomic E-state index is 12.0. The quantitative estimate of drug-likeness (QED) is 0.176. The van der Waals surface area contributed by atoms with Crippen molar-refractivity contribution in [2.75, 3.05) is 6.61 Å². The summed E-state index contributed by atoms with van der Waals surface area (Å²) < 4.78 is 9.98. The molecule has 0 bridgehead atoms. The van der Waals surface area contributed by atoms with Gasteiger partial charge in [-0.3, -0.25) is 10.1 Å².